The molecule has 0 unspecified atom stereocenters. The van der Waals surface area contributed by atoms with Crippen LogP contribution < -0.4 is 25.5 Å². The molecule has 0 spiro atoms. The summed E-state index contributed by atoms with van der Waals surface area (Å²) in [5.74, 6) is 0. The first-order chi connectivity index (χ1) is 42.8. The van der Waals surface area contributed by atoms with Gasteiger partial charge in [-0.2, -0.15) is 0 Å². The Morgan fingerprint density at radius 1 is 0.477 bits per heavy atom. The molecule has 4 aliphatic rings. The fraction of sp³-hybridized carbons (Fsp3) is 0.238. The Morgan fingerprint density at radius 3 is 1.72 bits per heavy atom. The van der Waals surface area contributed by atoms with E-state index < -0.39 is 5.41 Å². The van der Waals surface area contributed by atoms with Gasteiger partial charge in [0.2, 0.25) is 0 Å². The van der Waals surface area contributed by atoms with Gasteiger partial charge in [-0.1, -0.05) is 218 Å². The number of anilines is 8. The summed E-state index contributed by atoms with van der Waals surface area (Å²) in [4.78, 5) is 8.03. The van der Waals surface area contributed by atoms with Crippen LogP contribution in [0.3, 0.4) is 0 Å². The van der Waals surface area contributed by atoms with E-state index in [2.05, 4.69) is 301 Å². The summed E-state index contributed by atoms with van der Waals surface area (Å²) in [6, 6.07) is 88.0. The number of rotatable bonds is 13. The van der Waals surface area contributed by atoms with E-state index in [1.165, 1.54) is 159 Å². The van der Waals surface area contributed by atoms with E-state index in [1.807, 2.05) is 0 Å². The SMILES string of the molecule is CCCCc1ccc(N(c2ccc(CCCC)cc2)c2ccc3c(c2)N(c2ccc4c(c2)C(C)(C)CCC4(C)C)B2c4cccc5c4N(c4cc(-c6c(C)cc(C)cc6C)cc-3c42)c2ccc3ccccc3c2C5(c2ccccc2)c2ccccc2)cc1. The number of hydrogen-bond donors (Lipinski definition) is 0. The molecule has 434 valence electrons. The fourth-order valence-corrected chi connectivity index (χ4v) is 16.4. The van der Waals surface area contributed by atoms with E-state index >= 15 is 0 Å². The van der Waals surface area contributed by atoms with Crippen LogP contribution in [0.4, 0.5) is 45.5 Å². The van der Waals surface area contributed by atoms with Gasteiger partial charge in [0.15, 0.2) is 0 Å². The highest BCUT2D eigenvalue weighted by atomic mass is 15.2. The van der Waals surface area contributed by atoms with Gasteiger partial charge in [-0.3, -0.25) is 0 Å². The van der Waals surface area contributed by atoms with Gasteiger partial charge in [-0.15, -0.1) is 0 Å². The lowest BCUT2D eigenvalue weighted by molar-refractivity contribution is 0.332. The molecule has 3 heterocycles. The molecule has 0 saturated heterocycles. The second-order valence-corrected chi connectivity index (χ2v) is 27.3. The first-order valence-corrected chi connectivity index (χ1v) is 32.7. The zero-order valence-electron chi connectivity index (χ0n) is 52.9. The number of hydrogen-bond acceptors (Lipinski definition) is 3. The van der Waals surface area contributed by atoms with Gasteiger partial charge >= 0.3 is 6.85 Å². The Balaban J connectivity index is 1.08. The van der Waals surface area contributed by atoms with Crippen molar-refractivity contribution < 1.29 is 0 Å². The van der Waals surface area contributed by atoms with Crippen molar-refractivity contribution in [3.05, 3.63) is 286 Å². The zero-order valence-corrected chi connectivity index (χ0v) is 52.9. The molecule has 0 amide bonds. The Morgan fingerprint density at radius 2 is 1.08 bits per heavy atom. The topological polar surface area (TPSA) is 9.72 Å². The summed E-state index contributed by atoms with van der Waals surface area (Å²) in [7, 11) is 0. The third-order valence-electron chi connectivity index (χ3n) is 20.8. The highest BCUT2D eigenvalue weighted by Crippen LogP contribution is 2.62. The second kappa shape index (κ2) is 21.5. The average molecular weight is 1140 g/mol. The van der Waals surface area contributed by atoms with Crippen molar-refractivity contribution in [3.8, 4) is 22.3 Å². The average Bonchev–Trinajstić information content (AvgIpc) is 0.670. The lowest BCUT2D eigenvalue weighted by Crippen LogP contribution is -2.62. The minimum atomic E-state index is -0.701. The summed E-state index contributed by atoms with van der Waals surface area (Å²) in [6.07, 6.45) is 9.17. The largest absolute Gasteiger partial charge is 0.376 e. The maximum atomic E-state index is 2.79. The molecule has 0 aromatic heterocycles. The van der Waals surface area contributed by atoms with Crippen molar-refractivity contribution in [3.63, 3.8) is 0 Å². The summed E-state index contributed by atoms with van der Waals surface area (Å²) >= 11 is 0. The van der Waals surface area contributed by atoms with Crippen LogP contribution in [-0.2, 0) is 29.1 Å². The van der Waals surface area contributed by atoms with E-state index in [-0.39, 0.29) is 17.7 Å². The van der Waals surface area contributed by atoms with Crippen LogP contribution in [0.2, 0.25) is 0 Å². The molecular weight excluding hydrogens is 1060 g/mol. The Hall–Kier alpha value is -8.86. The quantitative estimate of drug-likeness (QED) is 0.107. The number of unbranched alkanes of at least 4 members (excludes halogenated alkanes) is 2. The molecule has 88 heavy (non-hydrogen) atoms. The van der Waals surface area contributed by atoms with Crippen molar-refractivity contribution in [2.75, 3.05) is 14.6 Å². The predicted octanol–water partition coefficient (Wildman–Crippen LogP) is 21.3. The van der Waals surface area contributed by atoms with Crippen LogP contribution in [0.1, 0.15) is 141 Å². The van der Waals surface area contributed by atoms with Gasteiger partial charge in [0.1, 0.15) is 0 Å². The first kappa shape index (κ1) is 55.7. The lowest BCUT2D eigenvalue weighted by atomic mass is 9.42. The summed E-state index contributed by atoms with van der Waals surface area (Å²) < 4.78 is 0. The summed E-state index contributed by atoms with van der Waals surface area (Å²) in [5.41, 5.74) is 31.3. The predicted molar refractivity (Wildman–Crippen MR) is 376 cm³/mol. The van der Waals surface area contributed by atoms with Crippen LogP contribution in [0, 0.1) is 20.8 Å². The smallest absolute Gasteiger partial charge is 0.333 e. The normalized spacial score (nSPS) is 15.3. The van der Waals surface area contributed by atoms with E-state index in [0.717, 1.165) is 42.7 Å². The molecule has 0 saturated carbocycles. The molecular formula is C84H80BN3. The van der Waals surface area contributed by atoms with E-state index in [0.29, 0.717) is 0 Å². The Labute approximate surface area is 523 Å². The van der Waals surface area contributed by atoms with E-state index in [4.69, 9.17) is 0 Å². The number of aryl methyl sites for hydroxylation is 5. The van der Waals surface area contributed by atoms with Crippen molar-refractivity contribution in [1.82, 2.24) is 0 Å². The second-order valence-electron chi connectivity index (χ2n) is 27.3. The van der Waals surface area contributed by atoms with Crippen LogP contribution in [0.25, 0.3) is 33.0 Å². The molecule has 1 aliphatic carbocycles. The molecule has 0 N–H and O–H groups in total. The zero-order chi connectivity index (χ0) is 60.2. The number of benzene rings is 11. The molecule has 3 aliphatic heterocycles. The fourth-order valence-electron chi connectivity index (χ4n) is 16.4. The molecule has 15 rings (SSSR count). The number of nitrogens with zero attached hydrogens (tertiary/aromatic N) is 3. The highest BCUT2D eigenvalue weighted by molar-refractivity contribution is 6.93. The van der Waals surface area contributed by atoms with E-state index in [1.54, 1.807) is 0 Å². The van der Waals surface area contributed by atoms with Crippen molar-refractivity contribution in [1.29, 1.82) is 0 Å². The maximum Gasteiger partial charge on any atom is 0.333 e. The molecule has 0 atom stereocenters. The van der Waals surface area contributed by atoms with Crippen molar-refractivity contribution >= 4 is 74.0 Å². The lowest BCUT2D eigenvalue weighted by Gasteiger charge is -2.52. The van der Waals surface area contributed by atoms with E-state index in [9.17, 15) is 0 Å². The molecule has 0 fully saturated rings. The Bertz CT molecular complexity index is 4400. The number of para-hydroxylation sites is 1. The number of fused-ring (bicyclic) bond motifs is 9. The van der Waals surface area contributed by atoms with Gasteiger partial charge in [0.25, 0.3) is 0 Å². The molecule has 0 radical (unpaired) electrons. The molecule has 3 nitrogen and oxygen atoms in total. The van der Waals surface area contributed by atoms with Gasteiger partial charge in [-0.25, -0.2) is 0 Å². The van der Waals surface area contributed by atoms with Crippen LogP contribution >= 0.6 is 0 Å². The molecule has 0 bridgehead atoms. The van der Waals surface area contributed by atoms with Gasteiger partial charge in [0, 0.05) is 50.9 Å². The molecule has 11 aromatic carbocycles. The van der Waals surface area contributed by atoms with Gasteiger partial charge in [-0.05, 0) is 225 Å². The third-order valence-corrected chi connectivity index (χ3v) is 20.8. The summed E-state index contributed by atoms with van der Waals surface area (Å²) in [5, 5.41) is 2.49. The first-order valence-electron chi connectivity index (χ1n) is 32.7. The van der Waals surface area contributed by atoms with Crippen molar-refractivity contribution in [2.45, 2.75) is 130 Å². The Kier molecular flexibility index (Phi) is 13.6. The summed E-state index contributed by atoms with van der Waals surface area (Å²) in [6.45, 7) is 21.1. The van der Waals surface area contributed by atoms with Gasteiger partial charge in [0.05, 0.1) is 11.1 Å². The monoisotopic (exact) mass is 1140 g/mol. The van der Waals surface area contributed by atoms with Crippen molar-refractivity contribution in [2.24, 2.45) is 0 Å². The maximum absolute atomic E-state index is 2.79. The third kappa shape index (κ3) is 8.75. The minimum Gasteiger partial charge on any atom is -0.376 e. The highest BCUT2D eigenvalue weighted by Gasteiger charge is 2.54. The van der Waals surface area contributed by atoms with Crippen LogP contribution in [-0.4, -0.2) is 6.85 Å². The van der Waals surface area contributed by atoms with Crippen LogP contribution in [0.15, 0.2) is 224 Å². The molecule has 4 heteroatoms. The minimum absolute atomic E-state index is 0.0147. The van der Waals surface area contributed by atoms with Crippen LogP contribution in [0.5, 0.6) is 0 Å². The standard InChI is InChI=1S/C84H80BN3/c1-10-12-23-58-33-38-64(39-34-58)86(65-40-35-59(36-41-65)24-13-11-2)66-42-44-69-70-51-61(78-56(4)49-55(3)50-57(78)5)52-77-80(70)85(88(76(69)54-66)67-43-45-71-73(53-67)83(8,9)48-47-82(71,6)7)74-32-22-31-72-81(74)87(77)75-46-37-60-25-20-21-30-68(60)79(75)84(72,62-26-16-14-17-27-62)63-28-18-15-19-29-63/h14-22,25-46,49-54H,10-13,23-24,47-48H2,1-9H3. The molecule has 11 aromatic rings. The van der Waals surface area contributed by atoms with Gasteiger partial charge < -0.3 is 14.6 Å².